The normalized spacial score (nSPS) is 22.0. The Labute approximate surface area is 218 Å². The summed E-state index contributed by atoms with van der Waals surface area (Å²) in [5.74, 6) is -1.64. The number of fused-ring (bicyclic) bond motifs is 1. The SMILES string of the molecule is C=CCOC(=O)C1(C(=O)OC)C[C@H](CO[Si](C)(C)C(C)(C)C)O[C@@H]1c1cc2ccccc2n1C(=O)OC. The average Bonchev–Trinajstić information content (AvgIpc) is 3.43. The fourth-order valence-electron chi connectivity index (χ4n) is 4.33. The summed E-state index contributed by atoms with van der Waals surface area (Å²) in [4.78, 5) is 39.9. The molecule has 0 radical (unpaired) electrons. The van der Waals surface area contributed by atoms with Crippen LogP contribution in [-0.2, 0) is 33.0 Å². The van der Waals surface area contributed by atoms with Gasteiger partial charge in [-0.05, 0) is 30.3 Å². The van der Waals surface area contributed by atoms with Crippen LogP contribution < -0.4 is 0 Å². The van der Waals surface area contributed by atoms with E-state index in [1.54, 1.807) is 18.2 Å². The summed E-state index contributed by atoms with van der Waals surface area (Å²) in [7, 11) is 0.298. The Bertz CT molecular complexity index is 1180. The number of rotatable bonds is 8. The highest BCUT2D eigenvalue weighted by molar-refractivity contribution is 6.74. The summed E-state index contributed by atoms with van der Waals surface area (Å²) in [5.41, 5.74) is -1.05. The third-order valence-corrected chi connectivity index (χ3v) is 11.9. The van der Waals surface area contributed by atoms with E-state index in [0.29, 0.717) is 10.9 Å². The quantitative estimate of drug-likeness (QED) is 0.154. The van der Waals surface area contributed by atoms with Crippen LogP contribution in [0.2, 0.25) is 18.1 Å². The molecule has 1 aromatic carbocycles. The van der Waals surface area contributed by atoms with Crippen molar-refractivity contribution in [1.29, 1.82) is 0 Å². The van der Waals surface area contributed by atoms with Crippen LogP contribution in [0.1, 0.15) is 39.0 Å². The second kappa shape index (κ2) is 10.8. The van der Waals surface area contributed by atoms with Crippen LogP contribution in [0.5, 0.6) is 0 Å². The van der Waals surface area contributed by atoms with Crippen molar-refractivity contribution in [3.8, 4) is 0 Å². The molecule has 10 heteroatoms. The number of esters is 2. The minimum absolute atomic E-state index is 0.0440. The first kappa shape index (κ1) is 28.6. The maximum Gasteiger partial charge on any atom is 0.418 e. The smallest absolute Gasteiger partial charge is 0.418 e. The highest BCUT2D eigenvalue weighted by atomic mass is 28.4. The molecule has 9 nitrogen and oxygen atoms in total. The molecule has 0 N–H and O–H groups in total. The van der Waals surface area contributed by atoms with Gasteiger partial charge in [-0.1, -0.05) is 51.6 Å². The molecular formula is C27H37NO8Si. The number of hydrogen-bond acceptors (Lipinski definition) is 8. The van der Waals surface area contributed by atoms with E-state index in [9.17, 15) is 14.4 Å². The van der Waals surface area contributed by atoms with E-state index in [4.69, 9.17) is 23.4 Å². The molecule has 37 heavy (non-hydrogen) atoms. The summed E-state index contributed by atoms with van der Waals surface area (Å²) in [6, 6.07) is 8.89. The molecule has 3 rings (SSSR count). The zero-order valence-corrected chi connectivity index (χ0v) is 23.7. The van der Waals surface area contributed by atoms with Gasteiger partial charge in [0.05, 0.1) is 38.1 Å². The largest absolute Gasteiger partial charge is 0.468 e. The van der Waals surface area contributed by atoms with Crippen LogP contribution in [0.3, 0.4) is 0 Å². The second-order valence-electron chi connectivity index (χ2n) is 10.7. The van der Waals surface area contributed by atoms with Crippen molar-refractivity contribution in [2.45, 2.75) is 57.5 Å². The van der Waals surface area contributed by atoms with Crippen LogP contribution in [0.25, 0.3) is 10.9 Å². The van der Waals surface area contributed by atoms with Crippen LogP contribution >= 0.6 is 0 Å². The lowest BCUT2D eigenvalue weighted by Gasteiger charge is -2.36. The summed E-state index contributed by atoms with van der Waals surface area (Å²) in [6.45, 7) is 14.2. The number of carbonyl (C=O) groups is 3. The lowest BCUT2D eigenvalue weighted by atomic mass is 9.78. The third-order valence-electron chi connectivity index (χ3n) is 7.37. The second-order valence-corrected chi connectivity index (χ2v) is 15.5. The number of para-hydroxylation sites is 1. The average molecular weight is 532 g/mol. The Morgan fingerprint density at radius 1 is 1.16 bits per heavy atom. The molecule has 1 fully saturated rings. The molecule has 1 aromatic heterocycles. The zero-order chi connectivity index (χ0) is 27.6. The molecule has 1 saturated heterocycles. The van der Waals surface area contributed by atoms with Gasteiger partial charge in [0.1, 0.15) is 12.7 Å². The van der Waals surface area contributed by atoms with E-state index in [1.807, 2.05) is 12.1 Å². The van der Waals surface area contributed by atoms with Crippen molar-refractivity contribution in [3.05, 3.63) is 48.7 Å². The fraction of sp³-hybridized carbons (Fsp3) is 0.519. The molecule has 0 bridgehead atoms. The topological polar surface area (TPSA) is 102 Å². The van der Waals surface area contributed by atoms with Gasteiger partial charge in [0.15, 0.2) is 13.7 Å². The summed E-state index contributed by atoms with van der Waals surface area (Å²) in [5, 5.41) is 0.663. The standard InChI is InChI=1S/C27H37NO8Si/c1-9-14-34-24(30)27(23(29)32-5)16-19(17-35-37(7,8)26(2,3)4)36-22(27)21-15-18-12-10-11-13-20(18)28(21)25(31)33-6/h9-13,15,19,22H,1,14,16-17H2,2-8H3/t19-,22-,27?/m1/s1. The molecule has 2 heterocycles. The minimum Gasteiger partial charge on any atom is -0.468 e. The number of hydrogen-bond donors (Lipinski definition) is 0. The maximum atomic E-state index is 13.6. The van der Waals surface area contributed by atoms with Gasteiger partial charge in [-0.15, -0.1) is 0 Å². The van der Waals surface area contributed by atoms with Gasteiger partial charge in [-0.25, -0.2) is 9.36 Å². The molecule has 0 spiro atoms. The first-order chi connectivity index (χ1) is 17.3. The number of methoxy groups -OCH3 is 2. The molecule has 2 aromatic rings. The van der Waals surface area contributed by atoms with E-state index >= 15 is 0 Å². The van der Waals surface area contributed by atoms with Gasteiger partial charge < -0.3 is 23.4 Å². The highest BCUT2D eigenvalue weighted by Crippen LogP contribution is 2.51. The van der Waals surface area contributed by atoms with Crippen molar-refractivity contribution >= 4 is 37.3 Å². The minimum atomic E-state index is -2.17. The number of aromatic nitrogens is 1. The molecule has 1 unspecified atom stereocenters. The molecule has 202 valence electrons. The van der Waals surface area contributed by atoms with Gasteiger partial charge >= 0.3 is 18.0 Å². The fourth-order valence-corrected chi connectivity index (χ4v) is 5.37. The highest BCUT2D eigenvalue weighted by Gasteiger charge is 2.63. The Morgan fingerprint density at radius 2 is 1.84 bits per heavy atom. The van der Waals surface area contributed by atoms with Crippen molar-refractivity contribution < 1.29 is 37.8 Å². The third kappa shape index (κ3) is 5.23. The molecule has 0 saturated carbocycles. The number of ether oxygens (including phenoxy) is 4. The Hall–Kier alpha value is -2.95. The number of benzene rings is 1. The molecule has 0 amide bonds. The van der Waals surface area contributed by atoms with Crippen molar-refractivity contribution in [2.75, 3.05) is 27.4 Å². The van der Waals surface area contributed by atoms with Crippen LogP contribution in [0.4, 0.5) is 4.79 Å². The van der Waals surface area contributed by atoms with E-state index in [-0.39, 0.29) is 30.4 Å². The van der Waals surface area contributed by atoms with Crippen LogP contribution in [-0.4, -0.2) is 64.5 Å². The predicted molar refractivity (Wildman–Crippen MR) is 141 cm³/mol. The Kier molecular flexibility index (Phi) is 8.36. The number of nitrogens with zero attached hydrogens (tertiary/aromatic N) is 1. The summed E-state index contributed by atoms with van der Waals surface area (Å²) in [6.07, 6.45) is -1.15. The monoisotopic (exact) mass is 531 g/mol. The van der Waals surface area contributed by atoms with Crippen molar-refractivity contribution in [3.63, 3.8) is 0 Å². The van der Waals surface area contributed by atoms with Crippen LogP contribution in [0.15, 0.2) is 43.0 Å². The van der Waals surface area contributed by atoms with E-state index in [2.05, 4.69) is 40.4 Å². The van der Waals surface area contributed by atoms with Gasteiger partial charge in [0, 0.05) is 11.8 Å². The molecule has 3 atom stereocenters. The number of carbonyl (C=O) groups excluding carboxylic acids is 3. The molecule has 0 aliphatic carbocycles. The first-order valence-corrected chi connectivity index (χ1v) is 15.1. The van der Waals surface area contributed by atoms with Gasteiger partial charge in [-0.2, -0.15) is 0 Å². The van der Waals surface area contributed by atoms with Crippen molar-refractivity contribution in [2.24, 2.45) is 5.41 Å². The Balaban J connectivity index is 2.16. The lowest BCUT2D eigenvalue weighted by Crippen LogP contribution is -2.45. The zero-order valence-electron chi connectivity index (χ0n) is 22.7. The van der Waals surface area contributed by atoms with Gasteiger partial charge in [0.2, 0.25) is 0 Å². The van der Waals surface area contributed by atoms with Crippen molar-refractivity contribution in [1.82, 2.24) is 4.57 Å². The molecule has 1 aliphatic rings. The summed E-state index contributed by atoms with van der Waals surface area (Å²) < 4.78 is 29.7. The molecular weight excluding hydrogens is 494 g/mol. The maximum absolute atomic E-state index is 13.6. The van der Waals surface area contributed by atoms with Gasteiger partial charge in [0.25, 0.3) is 0 Å². The van der Waals surface area contributed by atoms with Crippen LogP contribution in [0, 0.1) is 5.41 Å². The first-order valence-electron chi connectivity index (χ1n) is 12.2. The van der Waals surface area contributed by atoms with E-state index in [0.717, 1.165) is 0 Å². The lowest BCUT2D eigenvalue weighted by molar-refractivity contribution is -0.175. The Morgan fingerprint density at radius 3 is 2.43 bits per heavy atom. The predicted octanol–water partition coefficient (Wildman–Crippen LogP) is 5.00. The van der Waals surface area contributed by atoms with Gasteiger partial charge in [-0.3, -0.25) is 9.59 Å². The van der Waals surface area contributed by atoms with E-state index < -0.39 is 44.0 Å². The molecule has 1 aliphatic heterocycles. The summed E-state index contributed by atoms with van der Waals surface area (Å²) >= 11 is 0. The van der Waals surface area contributed by atoms with E-state index in [1.165, 1.54) is 24.9 Å².